The molecule has 224 valence electrons. The normalized spacial score (nSPS) is 23.3. The van der Waals surface area contributed by atoms with Crippen molar-refractivity contribution in [3.63, 3.8) is 0 Å². The quantitative estimate of drug-likeness (QED) is 0.382. The summed E-state index contributed by atoms with van der Waals surface area (Å²) >= 11 is 0. The van der Waals surface area contributed by atoms with Crippen molar-refractivity contribution < 1.29 is 19.1 Å². The van der Waals surface area contributed by atoms with E-state index in [1.165, 1.54) is 7.11 Å². The van der Waals surface area contributed by atoms with E-state index in [2.05, 4.69) is 84.4 Å². The molecule has 1 aromatic carbocycles. The Hall–Kier alpha value is -3.21. The van der Waals surface area contributed by atoms with Gasteiger partial charge < -0.3 is 9.47 Å². The van der Waals surface area contributed by atoms with Gasteiger partial charge in [0.25, 0.3) is 0 Å². The van der Waals surface area contributed by atoms with E-state index in [1.54, 1.807) is 0 Å². The number of H-pyrrole nitrogens is 1. The lowest BCUT2D eigenvalue weighted by Crippen LogP contribution is -2.50. The van der Waals surface area contributed by atoms with Crippen LogP contribution in [0, 0.1) is 45.8 Å². The van der Waals surface area contributed by atoms with Crippen LogP contribution in [0.2, 0.25) is 0 Å². The van der Waals surface area contributed by atoms with Gasteiger partial charge in [0, 0.05) is 17.4 Å². The molecule has 1 heterocycles. The van der Waals surface area contributed by atoms with E-state index >= 15 is 0 Å². The number of nitrogens with zero attached hydrogens (tertiary/aromatic N) is 3. The van der Waals surface area contributed by atoms with Crippen LogP contribution in [0.3, 0.4) is 0 Å². The molecule has 1 N–H and O–H groups in total. The van der Waals surface area contributed by atoms with E-state index in [9.17, 15) is 14.9 Å². The molecule has 0 aliphatic heterocycles. The van der Waals surface area contributed by atoms with Crippen molar-refractivity contribution in [2.24, 2.45) is 34.5 Å². The molecule has 41 heavy (non-hydrogen) atoms. The Kier molecular flexibility index (Phi) is 9.42. The van der Waals surface area contributed by atoms with Gasteiger partial charge in [0.1, 0.15) is 17.8 Å². The summed E-state index contributed by atoms with van der Waals surface area (Å²) in [7, 11) is 1.20. The summed E-state index contributed by atoms with van der Waals surface area (Å²) in [6, 6.07) is 9.86. The van der Waals surface area contributed by atoms with E-state index in [4.69, 9.17) is 9.47 Å². The Morgan fingerprint density at radius 2 is 1.49 bits per heavy atom. The second-order valence-corrected chi connectivity index (χ2v) is 14.9. The molecule has 1 aliphatic rings. The molecule has 8 heteroatoms. The predicted molar refractivity (Wildman–Crippen MR) is 159 cm³/mol. The highest BCUT2D eigenvalue weighted by molar-refractivity contribution is 5.87. The van der Waals surface area contributed by atoms with E-state index in [-0.39, 0.29) is 40.0 Å². The fourth-order valence-corrected chi connectivity index (χ4v) is 6.03. The third-order valence-electron chi connectivity index (χ3n) is 8.57. The van der Waals surface area contributed by atoms with Crippen molar-refractivity contribution in [1.82, 2.24) is 15.2 Å². The van der Waals surface area contributed by atoms with Crippen LogP contribution < -0.4 is 0 Å². The second kappa shape index (κ2) is 12.0. The number of carbonyl (C=O) groups excluding carboxylic acids is 2. The third kappa shape index (κ3) is 7.36. The highest BCUT2D eigenvalue weighted by Crippen LogP contribution is 2.50. The molecule has 0 amide bonds. The molecular weight excluding hydrogens is 516 g/mol. The van der Waals surface area contributed by atoms with Gasteiger partial charge in [0.15, 0.2) is 11.7 Å². The third-order valence-corrected chi connectivity index (χ3v) is 8.57. The van der Waals surface area contributed by atoms with Crippen LogP contribution in [0.25, 0.3) is 11.4 Å². The number of benzene rings is 1. The Morgan fingerprint density at radius 1 is 0.951 bits per heavy atom. The molecular formula is C33H48N4O4. The zero-order valence-corrected chi connectivity index (χ0v) is 26.7. The van der Waals surface area contributed by atoms with Crippen LogP contribution in [0.15, 0.2) is 24.3 Å². The monoisotopic (exact) mass is 564 g/mol. The number of hydrogen-bond donors (Lipinski definition) is 1. The Labute approximate surface area is 245 Å². The Morgan fingerprint density at radius 3 is 1.93 bits per heavy atom. The van der Waals surface area contributed by atoms with Crippen molar-refractivity contribution in [3.8, 4) is 17.5 Å². The molecule has 0 bridgehead atoms. The first kappa shape index (κ1) is 32.3. The van der Waals surface area contributed by atoms with Crippen LogP contribution in [0.5, 0.6) is 0 Å². The largest absolute Gasteiger partial charge is 0.468 e. The summed E-state index contributed by atoms with van der Waals surface area (Å²) in [5, 5.41) is 17.2. The molecule has 2 aromatic rings. The highest BCUT2D eigenvalue weighted by atomic mass is 16.5. The summed E-state index contributed by atoms with van der Waals surface area (Å²) in [5.74, 6) is -3.09. The zero-order chi connectivity index (χ0) is 30.9. The SMILES string of the molecule is COC(=O)C(C#N)C(C(=O)OC1C(C(C)(C)C)CC(C)CC1C(C)(C)C)c1nc(-c2ccc(C(C)(C)C)cc2)n[nH]1. The number of carbonyl (C=O) groups is 2. The number of nitriles is 1. The standard InChI is InChI=1S/C33H48N4O4/c1-19-16-23(32(5,6)7)26(24(17-19)33(8,9)10)41-30(39)25(22(18-34)29(38)40-11)28-35-27(36-37-28)20-12-14-21(15-13-20)31(2,3)4/h12-15,19,22-26H,16-17H2,1-11H3,(H,35,36,37). The number of esters is 2. The van der Waals surface area contributed by atoms with Crippen LogP contribution in [-0.2, 0) is 24.5 Å². The molecule has 1 aliphatic carbocycles. The van der Waals surface area contributed by atoms with Gasteiger partial charge >= 0.3 is 11.9 Å². The Bertz CT molecular complexity index is 1230. The molecule has 8 nitrogen and oxygen atoms in total. The van der Waals surface area contributed by atoms with Crippen LogP contribution >= 0.6 is 0 Å². The lowest BCUT2D eigenvalue weighted by molar-refractivity contribution is -0.174. The van der Waals surface area contributed by atoms with Gasteiger partial charge in [0.05, 0.1) is 13.2 Å². The van der Waals surface area contributed by atoms with Crippen molar-refractivity contribution in [2.45, 2.75) is 99.5 Å². The van der Waals surface area contributed by atoms with E-state index in [0.29, 0.717) is 11.7 Å². The van der Waals surface area contributed by atoms with Crippen LogP contribution in [0.4, 0.5) is 0 Å². The van der Waals surface area contributed by atoms with Crippen LogP contribution in [-0.4, -0.2) is 40.3 Å². The number of ether oxygens (including phenoxy) is 2. The molecule has 0 saturated heterocycles. The number of hydrogen-bond acceptors (Lipinski definition) is 7. The molecule has 1 saturated carbocycles. The number of nitrogens with one attached hydrogen (secondary N) is 1. The maximum absolute atomic E-state index is 14.1. The lowest BCUT2D eigenvalue weighted by Gasteiger charge is -2.50. The molecule has 4 unspecified atom stereocenters. The van der Waals surface area contributed by atoms with Crippen molar-refractivity contribution in [1.29, 1.82) is 5.26 Å². The number of aromatic nitrogens is 3. The average molecular weight is 565 g/mol. The summed E-state index contributed by atoms with van der Waals surface area (Å²) in [4.78, 5) is 31.4. The minimum atomic E-state index is -1.44. The summed E-state index contributed by atoms with van der Waals surface area (Å²) < 4.78 is 11.3. The minimum Gasteiger partial charge on any atom is -0.468 e. The van der Waals surface area contributed by atoms with Gasteiger partial charge in [-0.15, -0.1) is 0 Å². The molecule has 1 fully saturated rings. The smallest absolute Gasteiger partial charge is 0.324 e. The number of aromatic amines is 1. The number of methoxy groups -OCH3 is 1. The van der Waals surface area contributed by atoms with Gasteiger partial charge in [-0.25, -0.2) is 4.98 Å². The molecule has 0 radical (unpaired) electrons. The highest BCUT2D eigenvalue weighted by Gasteiger charge is 2.50. The van der Waals surface area contributed by atoms with E-state index in [1.807, 2.05) is 30.3 Å². The Balaban J connectivity index is 2.04. The predicted octanol–water partition coefficient (Wildman–Crippen LogP) is 6.83. The van der Waals surface area contributed by atoms with Crippen molar-refractivity contribution in [3.05, 3.63) is 35.7 Å². The average Bonchev–Trinajstić information content (AvgIpc) is 3.35. The first-order valence-corrected chi connectivity index (χ1v) is 14.6. The van der Waals surface area contributed by atoms with Gasteiger partial charge in [-0.2, -0.15) is 10.4 Å². The lowest BCUT2D eigenvalue weighted by atomic mass is 9.59. The van der Waals surface area contributed by atoms with Gasteiger partial charge in [-0.05, 0) is 40.6 Å². The summed E-state index contributed by atoms with van der Waals surface area (Å²) in [6.07, 6.45) is 1.47. The minimum absolute atomic E-state index is 0.00911. The second-order valence-electron chi connectivity index (χ2n) is 14.9. The van der Waals surface area contributed by atoms with E-state index in [0.717, 1.165) is 24.0 Å². The summed E-state index contributed by atoms with van der Waals surface area (Å²) in [5.41, 5.74) is 1.67. The fourth-order valence-electron chi connectivity index (χ4n) is 6.03. The van der Waals surface area contributed by atoms with Gasteiger partial charge in [-0.1, -0.05) is 93.5 Å². The topological polar surface area (TPSA) is 118 Å². The first-order valence-electron chi connectivity index (χ1n) is 14.6. The van der Waals surface area contributed by atoms with Crippen molar-refractivity contribution >= 4 is 11.9 Å². The molecule has 3 rings (SSSR count). The van der Waals surface area contributed by atoms with Gasteiger partial charge in [-0.3, -0.25) is 14.7 Å². The number of rotatable bonds is 6. The van der Waals surface area contributed by atoms with Gasteiger partial charge in [0.2, 0.25) is 0 Å². The molecule has 0 spiro atoms. The summed E-state index contributed by atoms with van der Waals surface area (Å²) in [6.45, 7) is 21.7. The zero-order valence-electron chi connectivity index (χ0n) is 26.7. The first-order chi connectivity index (χ1) is 18.9. The van der Waals surface area contributed by atoms with E-state index < -0.39 is 23.8 Å². The fraction of sp³-hybridized carbons (Fsp3) is 0.667. The molecule has 1 aromatic heterocycles. The van der Waals surface area contributed by atoms with Crippen molar-refractivity contribution in [2.75, 3.05) is 7.11 Å². The maximum Gasteiger partial charge on any atom is 0.324 e. The van der Waals surface area contributed by atoms with Crippen LogP contribution in [0.1, 0.15) is 99.4 Å². The maximum atomic E-state index is 14.1. The molecule has 4 atom stereocenters.